The molecule has 0 aromatic carbocycles. The molecule has 0 spiro atoms. The normalized spacial score (nSPS) is 16.2. The molecule has 5 heteroatoms. The molecule has 0 aliphatic heterocycles. The molecule has 0 aromatic heterocycles. The Labute approximate surface area is 129 Å². The molecule has 0 bridgehead atoms. The summed E-state index contributed by atoms with van der Waals surface area (Å²) >= 11 is 0. The molecule has 0 aromatic rings. The molecule has 0 aliphatic rings. The van der Waals surface area contributed by atoms with Gasteiger partial charge in [-0.2, -0.15) is 0 Å². The topological polar surface area (TPSA) is 81.4 Å². The zero-order valence-electron chi connectivity index (χ0n) is 14.6. The highest BCUT2D eigenvalue weighted by Gasteiger charge is 2.44. The lowest BCUT2D eigenvalue weighted by Crippen LogP contribution is -2.42. The second-order valence-electron chi connectivity index (χ2n) is 7.61. The molecule has 3 N–H and O–H groups in total. The van der Waals surface area contributed by atoms with Crippen molar-refractivity contribution < 1.29 is 14.3 Å². The van der Waals surface area contributed by atoms with Gasteiger partial charge < -0.3 is 15.8 Å². The molecule has 0 saturated carbocycles. The second kappa shape index (κ2) is 7.66. The van der Waals surface area contributed by atoms with Crippen LogP contribution in [0.5, 0.6) is 0 Å². The lowest BCUT2D eigenvalue weighted by Gasteiger charge is -2.40. The first kappa shape index (κ1) is 19.7. The third-order valence-corrected chi connectivity index (χ3v) is 4.00. The number of nitrogens with one attached hydrogen (secondary N) is 1. The summed E-state index contributed by atoms with van der Waals surface area (Å²) in [5, 5.41) is 2.41. The number of urea groups is 1. The predicted octanol–water partition coefficient (Wildman–Crippen LogP) is 2.93. The van der Waals surface area contributed by atoms with E-state index in [-0.39, 0.29) is 30.5 Å². The van der Waals surface area contributed by atoms with Gasteiger partial charge in [-0.25, -0.2) is 4.79 Å². The Balaban J connectivity index is 4.87. The van der Waals surface area contributed by atoms with Crippen LogP contribution in [0, 0.1) is 22.7 Å². The summed E-state index contributed by atoms with van der Waals surface area (Å²) in [6, 6.07) is -0.612. The first-order valence-electron chi connectivity index (χ1n) is 7.60. The Kier molecular flexibility index (Phi) is 7.20. The van der Waals surface area contributed by atoms with Crippen LogP contribution in [0.3, 0.4) is 0 Å². The zero-order valence-corrected chi connectivity index (χ0v) is 14.6. The third kappa shape index (κ3) is 6.82. The van der Waals surface area contributed by atoms with Gasteiger partial charge in [0, 0.05) is 0 Å². The molecule has 2 unspecified atom stereocenters. The van der Waals surface area contributed by atoms with E-state index in [1.165, 1.54) is 0 Å². The monoisotopic (exact) mass is 300 g/mol. The van der Waals surface area contributed by atoms with Gasteiger partial charge in [-0.3, -0.25) is 4.79 Å². The van der Waals surface area contributed by atoms with Crippen molar-refractivity contribution in [1.82, 2.24) is 5.32 Å². The van der Waals surface area contributed by atoms with E-state index in [9.17, 15) is 9.59 Å². The van der Waals surface area contributed by atoms with E-state index >= 15 is 0 Å². The van der Waals surface area contributed by atoms with Crippen molar-refractivity contribution >= 4 is 12.0 Å². The van der Waals surface area contributed by atoms with E-state index in [0.29, 0.717) is 5.92 Å². The van der Waals surface area contributed by atoms with Crippen LogP contribution in [0.1, 0.15) is 54.9 Å². The number of amides is 2. The molecule has 0 rings (SSSR count). The summed E-state index contributed by atoms with van der Waals surface area (Å²) in [4.78, 5) is 23.2. The number of esters is 1. The Morgan fingerprint density at radius 3 is 2.05 bits per heavy atom. The highest BCUT2D eigenvalue weighted by Crippen LogP contribution is 2.43. The summed E-state index contributed by atoms with van der Waals surface area (Å²) in [5.41, 5.74) is 4.46. The van der Waals surface area contributed by atoms with E-state index < -0.39 is 11.4 Å². The molecule has 0 saturated heterocycles. The largest absolute Gasteiger partial charge is 0.463 e. The minimum absolute atomic E-state index is 0.0302. The zero-order chi connectivity index (χ0) is 16.8. The number of carbonyl (C=O) groups excluding carboxylic acids is 2. The average Bonchev–Trinajstić information content (AvgIpc) is 2.30. The number of hydrogen-bond donors (Lipinski definition) is 2. The van der Waals surface area contributed by atoms with Crippen molar-refractivity contribution in [2.75, 3.05) is 13.2 Å². The number of nitrogens with two attached hydrogens (primary N) is 1. The van der Waals surface area contributed by atoms with Crippen molar-refractivity contribution in [3.8, 4) is 0 Å². The Hall–Kier alpha value is -1.26. The fourth-order valence-electron chi connectivity index (χ4n) is 2.74. The van der Waals surface area contributed by atoms with E-state index in [1.54, 1.807) is 0 Å². The van der Waals surface area contributed by atoms with E-state index in [0.717, 1.165) is 6.42 Å². The smallest absolute Gasteiger partial charge is 0.312 e. The van der Waals surface area contributed by atoms with Crippen molar-refractivity contribution in [2.24, 2.45) is 28.4 Å². The second-order valence-corrected chi connectivity index (χ2v) is 7.61. The van der Waals surface area contributed by atoms with E-state index in [4.69, 9.17) is 10.5 Å². The molecule has 0 radical (unpaired) electrons. The van der Waals surface area contributed by atoms with Gasteiger partial charge in [0.25, 0.3) is 0 Å². The highest BCUT2D eigenvalue weighted by molar-refractivity contribution is 5.77. The van der Waals surface area contributed by atoms with Gasteiger partial charge >= 0.3 is 12.0 Å². The van der Waals surface area contributed by atoms with Gasteiger partial charge in [0.2, 0.25) is 0 Å². The lowest BCUT2D eigenvalue weighted by molar-refractivity contribution is -0.161. The lowest BCUT2D eigenvalue weighted by atomic mass is 9.65. The minimum Gasteiger partial charge on any atom is -0.463 e. The van der Waals surface area contributed by atoms with Crippen molar-refractivity contribution in [2.45, 2.75) is 54.9 Å². The first-order valence-corrected chi connectivity index (χ1v) is 7.60. The molecule has 0 heterocycles. The summed E-state index contributed by atoms with van der Waals surface area (Å²) < 4.78 is 5.37. The standard InChI is InChI=1S/C16H32N2O3/c1-11(2)12(3)16(7,10-15(4,5)6)13(19)21-9-8-18-14(17)20/h11-12H,8-10H2,1-7H3,(H3,17,18,20). The van der Waals surface area contributed by atoms with E-state index in [2.05, 4.69) is 46.9 Å². The quantitative estimate of drug-likeness (QED) is 0.560. The molecule has 2 atom stereocenters. The summed E-state index contributed by atoms with van der Waals surface area (Å²) in [6.45, 7) is 15.1. The maximum Gasteiger partial charge on any atom is 0.312 e. The van der Waals surface area contributed by atoms with Gasteiger partial charge in [0.15, 0.2) is 0 Å². The van der Waals surface area contributed by atoms with E-state index in [1.807, 2.05) is 6.92 Å². The molecular weight excluding hydrogens is 268 g/mol. The third-order valence-electron chi connectivity index (χ3n) is 4.00. The van der Waals surface area contributed by atoms with Crippen LogP contribution in [-0.4, -0.2) is 25.2 Å². The molecule has 0 aliphatic carbocycles. The van der Waals surface area contributed by atoms with Crippen LogP contribution in [0.2, 0.25) is 0 Å². The number of carbonyl (C=O) groups is 2. The molecule has 2 amide bonds. The van der Waals surface area contributed by atoms with Crippen LogP contribution < -0.4 is 11.1 Å². The van der Waals surface area contributed by atoms with Crippen LogP contribution in [-0.2, 0) is 9.53 Å². The van der Waals surface area contributed by atoms with Crippen LogP contribution in [0.25, 0.3) is 0 Å². The molecular formula is C16H32N2O3. The Bertz CT molecular complexity index is 361. The average molecular weight is 300 g/mol. The summed E-state index contributed by atoms with van der Waals surface area (Å²) in [5.74, 6) is 0.381. The van der Waals surface area contributed by atoms with Gasteiger partial charge in [0.05, 0.1) is 12.0 Å². The molecule has 124 valence electrons. The fourth-order valence-corrected chi connectivity index (χ4v) is 2.74. The maximum atomic E-state index is 12.6. The maximum absolute atomic E-state index is 12.6. The van der Waals surface area contributed by atoms with Crippen LogP contribution in [0.15, 0.2) is 0 Å². The molecule has 21 heavy (non-hydrogen) atoms. The first-order chi connectivity index (χ1) is 9.40. The molecule has 5 nitrogen and oxygen atoms in total. The van der Waals surface area contributed by atoms with Crippen molar-refractivity contribution in [3.63, 3.8) is 0 Å². The summed E-state index contributed by atoms with van der Waals surface area (Å²) in [6.07, 6.45) is 0.751. The SMILES string of the molecule is CC(C)C(C)C(C)(CC(C)(C)C)C(=O)OCCNC(N)=O. The number of ether oxygens (including phenoxy) is 1. The van der Waals surface area contributed by atoms with Gasteiger partial charge in [-0.15, -0.1) is 0 Å². The van der Waals surface area contributed by atoms with Gasteiger partial charge in [-0.1, -0.05) is 41.5 Å². The number of rotatable bonds is 7. The predicted molar refractivity (Wildman–Crippen MR) is 84.7 cm³/mol. The number of primary amides is 1. The van der Waals surface area contributed by atoms with Crippen LogP contribution in [0.4, 0.5) is 4.79 Å². The fraction of sp³-hybridized carbons (Fsp3) is 0.875. The molecule has 0 fully saturated rings. The highest BCUT2D eigenvalue weighted by atomic mass is 16.5. The summed E-state index contributed by atoms with van der Waals surface area (Å²) in [7, 11) is 0. The van der Waals surface area contributed by atoms with Crippen molar-refractivity contribution in [1.29, 1.82) is 0 Å². The van der Waals surface area contributed by atoms with Crippen LogP contribution >= 0.6 is 0 Å². The minimum atomic E-state index is -0.612. The van der Waals surface area contributed by atoms with Gasteiger partial charge in [0.1, 0.15) is 6.61 Å². The van der Waals surface area contributed by atoms with Gasteiger partial charge in [-0.05, 0) is 30.6 Å². The number of hydrogen-bond acceptors (Lipinski definition) is 3. The van der Waals surface area contributed by atoms with Crippen molar-refractivity contribution in [3.05, 3.63) is 0 Å². The Morgan fingerprint density at radius 2 is 1.67 bits per heavy atom. The Morgan fingerprint density at radius 1 is 1.14 bits per heavy atom.